The lowest BCUT2D eigenvalue weighted by Crippen LogP contribution is -2.43. The first kappa shape index (κ1) is 17.7. The smallest absolute Gasteiger partial charge is 0.254 e. The van der Waals surface area contributed by atoms with Crippen LogP contribution >= 0.6 is 0 Å². The Morgan fingerprint density at radius 1 is 1.25 bits per heavy atom. The van der Waals surface area contributed by atoms with Crippen molar-refractivity contribution in [1.29, 1.82) is 0 Å². The fourth-order valence-electron chi connectivity index (χ4n) is 2.27. The third kappa shape index (κ3) is 4.44. The van der Waals surface area contributed by atoms with Crippen molar-refractivity contribution in [3.63, 3.8) is 0 Å². The molecule has 2 aromatic rings. The van der Waals surface area contributed by atoms with E-state index in [1.54, 1.807) is 30.0 Å². The molecular formula is C18H23N3O3. The summed E-state index contributed by atoms with van der Waals surface area (Å²) >= 11 is 0. The predicted octanol–water partition coefficient (Wildman–Crippen LogP) is 3.17. The third-order valence-corrected chi connectivity index (χ3v) is 3.89. The van der Waals surface area contributed by atoms with E-state index in [1.807, 2.05) is 32.9 Å². The molecule has 1 heterocycles. The summed E-state index contributed by atoms with van der Waals surface area (Å²) in [5.41, 5.74) is 1.66. The van der Waals surface area contributed by atoms with E-state index in [9.17, 15) is 9.59 Å². The van der Waals surface area contributed by atoms with Crippen LogP contribution in [0.25, 0.3) is 0 Å². The van der Waals surface area contributed by atoms with Crippen molar-refractivity contribution in [2.75, 3.05) is 11.9 Å². The predicted molar refractivity (Wildman–Crippen MR) is 91.8 cm³/mol. The SMILES string of the molecule is CC[C@@H](C)N(CC(=O)Nc1cc(C)on1)C(=O)c1ccc(C)cc1. The quantitative estimate of drug-likeness (QED) is 0.883. The maximum Gasteiger partial charge on any atom is 0.254 e. The Balaban J connectivity index is 2.11. The highest BCUT2D eigenvalue weighted by atomic mass is 16.5. The van der Waals surface area contributed by atoms with Gasteiger partial charge >= 0.3 is 0 Å². The van der Waals surface area contributed by atoms with Gasteiger partial charge in [0.1, 0.15) is 12.3 Å². The van der Waals surface area contributed by atoms with Crippen LogP contribution in [0.15, 0.2) is 34.9 Å². The molecule has 0 saturated heterocycles. The minimum absolute atomic E-state index is 0.0341. The summed E-state index contributed by atoms with van der Waals surface area (Å²) in [7, 11) is 0. The summed E-state index contributed by atoms with van der Waals surface area (Å²) in [5.74, 6) is 0.504. The van der Waals surface area contributed by atoms with Gasteiger partial charge in [-0.15, -0.1) is 0 Å². The van der Waals surface area contributed by atoms with Gasteiger partial charge < -0.3 is 14.7 Å². The van der Waals surface area contributed by atoms with Crippen molar-refractivity contribution >= 4 is 17.6 Å². The van der Waals surface area contributed by atoms with Crippen molar-refractivity contribution in [2.45, 2.75) is 40.2 Å². The lowest BCUT2D eigenvalue weighted by Gasteiger charge is -2.28. The van der Waals surface area contributed by atoms with Crippen LogP contribution in [0.4, 0.5) is 5.82 Å². The molecule has 0 bridgehead atoms. The molecule has 6 nitrogen and oxygen atoms in total. The number of benzene rings is 1. The molecule has 0 saturated carbocycles. The molecule has 1 aromatic heterocycles. The molecule has 0 unspecified atom stereocenters. The number of nitrogens with one attached hydrogen (secondary N) is 1. The molecule has 128 valence electrons. The van der Waals surface area contributed by atoms with Crippen LogP contribution in [0.3, 0.4) is 0 Å². The average molecular weight is 329 g/mol. The standard InChI is InChI=1S/C18H23N3O3/c1-5-13(3)21(18(23)15-8-6-12(2)7-9-15)11-17(22)19-16-10-14(4)24-20-16/h6-10,13H,5,11H2,1-4H3,(H,19,20,22)/t13-/m1/s1. The highest BCUT2D eigenvalue weighted by Gasteiger charge is 2.23. The first-order valence-electron chi connectivity index (χ1n) is 8.01. The number of anilines is 1. The summed E-state index contributed by atoms with van der Waals surface area (Å²) in [4.78, 5) is 26.6. The highest BCUT2D eigenvalue weighted by molar-refractivity contribution is 5.99. The molecule has 0 fully saturated rings. The number of nitrogens with zero attached hydrogens (tertiary/aromatic N) is 2. The van der Waals surface area contributed by atoms with Gasteiger partial charge in [0.15, 0.2) is 5.82 Å². The Hall–Kier alpha value is -2.63. The van der Waals surface area contributed by atoms with Crippen LogP contribution < -0.4 is 5.32 Å². The van der Waals surface area contributed by atoms with Gasteiger partial charge in [-0.25, -0.2) is 0 Å². The molecule has 24 heavy (non-hydrogen) atoms. The van der Waals surface area contributed by atoms with Crippen molar-refractivity contribution < 1.29 is 14.1 Å². The second-order valence-electron chi connectivity index (χ2n) is 5.93. The van der Waals surface area contributed by atoms with Gasteiger partial charge in [-0.2, -0.15) is 0 Å². The van der Waals surface area contributed by atoms with Crippen molar-refractivity contribution in [2.24, 2.45) is 0 Å². The molecule has 1 atom stereocenters. The van der Waals surface area contributed by atoms with Crippen molar-refractivity contribution in [3.05, 3.63) is 47.2 Å². The second-order valence-corrected chi connectivity index (χ2v) is 5.93. The largest absolute Gasteiger partial charge is 0.360 e. The number of carbonyl (C=O) groups excluding carboxylic acids is 2. The van der Waals surface area contributed by atoms with E-state index in [4.69, 9.17) is 4.52 Å². The van der Waals surface area contributed by atoms with E-state index < -0.39 is 0 Å². The van der Waals surface area contributed by atoms with E-state index >= 15 is 0 Å². The molecule has 1 aromatic carbocycles. The Kier molecular flexibility index (Phi) is 5.73. The fourth-order valence-corrected chi connectivity index (χ4v) is 2.27. The Morgan fingerprint density at radius 3 is 2.46 bits per heavy atom. The molecule has 6 heteroatoms. The van der Waals surface area contributed by atoms with Crippen LogP contribution in [0.2, 0.25) is 0 Å². The van der Waals surface area contributed by atoms with Gasteiger partial charge in [0, 0.05) is 17.7 Å². The van der Waals surface area contributed by atoms with Crippen LogP contribution in [-0.2, 0) is 4.79 Å². The Morgan fingerprint density at radius 2 is 1.92 bits per heavy atom. The highest BCUT2D eigenvalue weighted by Crippen LogP contribution is 2.13. The van der Waals surface area contributed by atoms with Crippen LogP contribution in [0.5, 0.6) is 0 Å². The van der Waals surface area contributed by atoms with Crippen LogP contribution in [-0.4, -0.2) is 34.5 Å². The molecule has 2 rings (SSSR count). The van der Waals surface area contributed by atoms with E-state index in [0.717, 1.165) is 12.0 Å². The first-order chi connectivity index (χ1) is 11.4. The van der Waals surface area contributed by atoms with Gasteiger partial charge in [0.25, 0.3) is 5.91 Å². The van der Waals surface area contributed by atoms with Crippen molar-refractivity contribution in [1.82, 2.24) is 10.1 Å². The maximum absolute atomic E-state index is 12.8. The minimum Gasteiger partial charge on any atom is -0.360 e. The molecule has 0 aliphatic carbocycles. The monoisotopic (exact) mass is 329 g/mol. The fraction of sp³-hybridized carbons (Fsp3) is 0.389. The van der Waals surface area contributed by atoms with Crippen LogP contribution in [0.1, 0.15) is 41.9 Å². The number of hydrogen-bond donors (Lipinski definition) is 1. The van der Waals surface area contributed by atoms with Gasteiger partial charge in [-0.1, -0.05) is 29.8 Å². The molecular weight excluding hydrogens is 306 g/mol. The summed E-state index contributed by atoms with van der Waals surface area (Å²) in [6, 6.07) is 8.93. The average Bonchev–Trinajstić information content (AvgIpc) is 2.96. The summed E-state index contributed by atoms with van der Waals surface area (Å²) < 4.78 is 4.92. The lowest BCUT2D eigenvalue weighted by atomic mass is 10.1. The lowest BCUT2D eigenvalue weighted by molar-refractivity contribution is -0.117. The zero-order valence-corrected chi connectivity index (χ0v) is 14.5. The normalized spacial score (nSPS) is 11.8. The summed E-state index contributed by atoms with van der Waals surface area (Å²) in [6.07, 6.45) is 0.758. The van der Waals surface area contributed by atoms with Gasteiger partial charge in [-0.05, 0) is 39.3 Å². The van der Waals surface area contributed by atoms with E-state index in [0.29, 0.717) is 17.1 Å². The van der Waals surface area contributed by atoms with Gasteiger partial charge in [0.2, 0.25) is 5.91 Å². The number of aryl methyl sites for hydroxylation is 2. The number of amides is 2. The minimum atomic E-state index is -0.302. The zero-order chi connectivity index (χ0) is 17.7. The second kappa shape index (κ2) is 7.77. The number of carbonyl (C=O) groups is 2. The van der Waals surface area contributed by atoms with Crippen molar-refractivity contribution in [3.8, 4) is 0 Å². The van der Waals surface area contributed by atoms with E-state index in [2.05, 4.69) is 10.5 Å². The number of rotatable bonds is 6. The topological polar surface area (TPSA) is 75.4 Å². The zero-order valence-electron chi connectivity index (χ0n) is 14.5. The molecule has 2 amide bonds. The Bertz CT molecular complexity index is 707. The molecule has 1 N–H and O–H groups in total. The molecule has 0 aliphatic heterocycles. The molecule has 0 aliphatic rings. The summed E-state index contributed by atoms with van der Waals surface area (Å²) in [5, 5.41) is 6.38. The Labute approximate surface area is 141 Å². The van der Waals surface area contributed by atoms with Gasteiger partial charge in [-0.3, -0.25) is 9.59 Å². The molecule has 0 radical (unpaired) electrons. The summed E-state index contributed by atoms with van der Waals surface area (Å²) in [6.45, 7) is 7.59. The maximum atomic E-state index is 12.8. The molecule has 0 spiro atoms. The van der Waals surface area contributed by atoms with E-state index in [1.165, 1.54) is 0 Å². The van der Waals surface area contributed by atoms with Crippen LogP contribution in [0, 0.1) is 13.8 Å². The van der Waals surface area contributed by atoms with Gasteiger partial charge in [0.05, 0.1) is 0 Å². The number of aromatic nitrogens is 1. The third-order valence-electron chi connectivity index (χ3n) is 3.89. The van der Waals surface area contributed by atoms with E-state index in [-0.39, 0.29) is 24.4 Å². The first-order valence-corrected chi connectivity index (χ1v) is 8.01. The number of hydrogen-bond acceptors (Lipinski definition) is 4.